The molecule has 0 aliphatic heterocycles. The van der Waals surface area contributed by atoms with Crippen molar-refractivity contribution in [3.8, 4) is 5.69 Å². The van der Waals surface area contributed by atoms with Crippen molar-refractivity contribution in [1.29, 1.82) is 0 Å². The van der Waals surface area contributed by atoms with Gasteiger partial charge in [-0.25, -0.2) is 4.68 Å². The molecule has 0 saturated carbocycles. The summed E-state index contributed by atoms with van der Waals surface area (Å²) in [7, 11) is 0. The fourth-order valence-corrected chi connectivity index (χ4v) is 3.02. The van der Waals surface area contributed by atoms with Gasteiger partial charge in [0.2, 0.25) is 0 Å². The highest BCUT2D eigenvalue weighted by Crippen LogP contribution is 2.27. The summed E-state index contributed by atoms with van der Waals surface area (Å²) in [6.45, 7) is 0. The molecule has 2 aromatic rings. The van der Waals surface area contributed by atoms with Gasteiger partial charge in [0.15, 0.2) is 0 Å². The number of aromatic nitrogens is 2. The molecule has 5 heteroatoms. The van der Waals surface area contributed by atoms with Gasteiger partial charge in [0.25, 0.3) is 0 Å². The van der Waals surface area contributed by atoms with Crippen LogP contribution in [0.5, 0.6) is 0 Å². The molecule has 0 amide bonds. The van der Waals surface area contributed by atoms with Crippen LogP contribution in [-0.2, 0) is 24.1 Å². The summed E-state index contributed by atoms with van der Waals surface area (Å²) in [5, 5.41) is 14.4. The van der Waals surface area contributed by atoms with Crippen LogP contribution in [0.3, 0.4) is 0 Å². The van der Waals surface area contributed by atoms with Crippen LogP contribution in [-0.4, -0.2) is 20.9 Å². The number of nitrogens with zero attached hydrogens (tertiary/aromatic N) is 2. The van der Waals surface area contributed by atoms with E-state index in [0.29, 0.717) is 11.4 Å². The van der Waals surface area contributed by atoms with Gasteiger partial charge < -0.3 is 5.11 Å². The van der Waals surface area contributed by atoms with E-state index in [2.05, 4.69) is 0 Å². The molecule has 110 valence electrons. The Morgan fingerprint density at radius 1 is 1.24 bits per heavy atom. The predicted octanol–water partition coefficient (Wildman–Crippen LogP) is 3.42. The minimum absolute atomic E-state index is 0.131. The lowest BCUT2D eigenvalue weighted by atomic mass is 9.94. The van der Waals surface area contributed by atoms with Crippen molar-refractivity contribution >= 4 is 17.6 Å². The number of carbonyl (C=O) groups is 1. The van der Waals surface area contributed by atoms with E-state index >= 15 is 0 Å². The second-order valence-electron chi connectivity index (χ2n) is 5.36. The molecule has 0 radical (unpaired) electrons. The molecular weight excluding hydrogens is 288 g/mol. The molecule has 0 unspecified atom stereocenters. The fourth-order valence-electron chi connectivity index (χ4n) is 2.90. The summed E-state index contributed by atoms with van der Waals surface area (Å²) in [4.78, 5) is 10.9. The highest BCUT2D eigenvalue weighted by atomic mass is 35.5. The molecule has 0 spiro atoms. The summed E-state index contributed by atoms with van der Waals surface area (Å²) < 4.78 is 1.90. The van der Waals surface area contributed by atoms with Crippen LogP contribution in [0.15, 0.2) is 24.3 Å². The second-order valence-corrected chi connectivity index (χ2v) is 5.80. The minimum atomic E-state index is -0.775. The Balaban J connectivity index is 2.03. The standard InChI is InChI=1S/C16H17ClN2O2/c17-11-5-7-12(8-6-11)19-15(9-10-16(20)21)13-3-1-2-4-14(13)18-19/h5-8H,1-4,9-10H2,(H,20,21). The number of carboxylic acids is 1. The predicted molar refractivity (Wildman–Crippen MR) is 81.2 cm³/mol. The van der Waals surface area contributed by atoms with Crippen LogP contribution < -0.4 is 0 Å². The Hall–Kier alpha value is -1.81. The zero-order chi connectivity index (χ0) is 14.8. The zero-order valence-electron chi connectivity index (χ0n) is 11.7. The third-order valence-corrected chi connectivity index (χ3v) is 4.16. The molecule has 1 heterocycles. The van der Waals surface area contributed by atoms with Crippen LogP contribution in [0, 0.1) is 0 Å². The van der Waals surface area contributed by atoms with Gasteiger partial charge in [-0.3, -0.25) is 4.79 Å². The molecule has 1 N–H and O–H groups in total. The molecule has 1 aliphatic rings. The Kier molecular flexibility index (Phi) is 3.97. The number of rotatable bonds is 4. The average Bonchev–Trinajstić information content (AvgIpc) is 2.84. The number of aliphatic carboxylic acids is 1. The maximum absolute atomic E-state index is 10.9. The van der Waals surface area contributed by atoms with Crippen molar-refractivity contribution in [2.45, 2.75) is 38.5 Å². The maximum Gasteiger partial charge on any atom is 0.303 e. The van der Waals surface area contributed by atoms with E-state index in [0.717, 1.165) is 42.8 Å². The van der Waals surface area contributed by atoms with Crippen molar-refractivity contribution in [2.24, 2.45) is 0 Å². The van der Waals surface area contributed by atoms with Gasteiger partial charge in [0.1, 0.15) is 0 Å². The Morgan fingerprint density at radius 3 is 2.67 bits per heavy atom. The quantitative estimate of drug-likeness (QED) is 0.941. The van der Waals surface area contributed by atoms with E-state index in [1.165, 1.54) is 5.56 Å². The van der Waals surface area contributed by atoms with Crippen molar-refractivity contribution in [2.75, 3.05) is 0 Å². The van der Waals surface area contributed by atoms with Gasteiger partial charge in [-0.1, -0.05) is 11.6 Å². The van der Waals surface area contributed by atoms with E-state index < -0.39 is 5.97 Å². The Morgan fingerprint density at radius 2 is 1.95 bits per heavy atom. The Labute approximate surface area is 128 Å². The van der Waals surface area contributed by atoms with Gasteiger partial charge in [-0.15, -0.1) is 0 Å². The third-order valence-electron chi connectivity index (χ3n) is 3.91. The number of benzene rings is 1. The van der Waals surface area contributed by atoms with Gasteiger partial charge in [0, 0.05) is 17.1 Å². The number of hydrogen-bond donors (Lipinski definition) is 1. The second kappa shape index (κ2) is 5.90. The molecule has 0 bridgehead atoms. The molecule has 0 atom stereocenters. The number of fused-ring (bicyclic) bond motifs is 1. The summed E-state index contributed by atoms with van der Waals surface area (Å²) in [5.74, 6) is -0.775. The molecule has 1 aliphatic carbocycles. The minimum Gasteiger partial charge on any atom is -0.481 e. The molecule has 21 heavy (non-hydrogen) atoms. The van der Waals surface area contributed by atoms with Gasteiger partial charge in [-0.05, 0) is 55.5 Å². The number of carboxylic acid groups (broad SMARTS) is 1. The molecule has 0 fully saturated rings. The lowest BCUT2D eigenvalue weighted by molar-refractivity contribution is -0.136. The van der Waals surface area contributed by atoms with E-state index in [4.69, 9.17) is 21.8 Å². The molecule has 1 aromatic heterocycles. The molecule has 3 rings (SSSR count). The van der Waals surface area contributed by atoms with E-state index in [1.54, 1.807) is 0 Å². The van der Waals surface area contributed by atoms with E-state index in [9.17, 15) is 4.79 Å². The lowest BCUT2D eigenvalue weighted by Gasteiger charge is -2.11. The topological polar surface area (TPSA) is 55.1 Å². The van der Waals surface area contributed by atoms with E-state index in [-0.39, 0.29) is 6.42 Å². The maximum atomic E-state index is 10.9. The first-order valence-electron chi connectivity index (χ1n) is 7.22. The van der Waals surface area contributed by atoms with Gasteiger partial charge in [-0.2, -0.15) is 5.10 Å². The smallest absolute Gasteiger partial charge is 0.303 e. The largest absolute Gasteiger partial charge is 0.481 e. The van der Waals surface area contributed by atoms with Crippen molar-refractivity contribution in [3.63, 3.8) is 0 Å². The summed E-state index contributed by atoms with van der Waals surface area (Å²) in [6.07, 6.45) is 4.93. The zero-order valence-corrected chi connectivity index (χ0v) is 12.4. The van der Waals surface area contributed by atoms with E-state index in [1.807, 2.05) is 28.9 Å². The highest BCUT2D eigenvalue weighted by molar-refractivity contribution is 6.30. The number of hydrogen-bond acceptors (Lipinski definition) is 2. The van der Waals surface area contributed by atoms with Crippen LogP contribution >= 0.6 is 11.6 Å². The van der Waals surface area contributed by atoms with Crippen LogP contribution in [0.2, 0.25) is 5.02 Å². The highest BCUT2D eigenvalue weighted by Gasteiger charge is 2.21. The SMILES string of the molecule is O=C(O)CCc1c2c(nn1-c1ccc(Cl)cc1)CCCC2. The fraction of sp³-hybridized carbons (Fsp3) is 0.375. The van der Waals surface area contributed by atoms with Crippen molar-refractivity contribution < 1.29 is 9.90 Å². The molecule has 4 nitrogen and oxygen atoms in total. The average molecular weight is 305 g/mol. The first-order valence-corrected chi connectivity index (χ1v) is 7.60. The monoisotopic (exact) mass is 304 g/mol. The third kappa shape index (κ3) is 2.95. The van der Waals surface area contributed by atoms with Gasteiger partial charge in [0.05, 0.1) is 17.8 Å². The number of halogens is 1. The summed E-state index contributed by atoms with van der Waals surface area (Å²) in [5.41, 5.74) is 4.35. The first kappa shape index (κ1) is 14.1. The van der Waals surface area contributed by atoms with Gasteiger partial charge >= 0.3 is 5.97 Å². The molecule has 1 aromatic carbocycles. The summed E-state index contributed by atoms with van der Waals surface area (Å²) in [6, 6.07) is 7.51. The normalized spacial score (nSPS) is 14.0. The molecular formula is C16H17ClN2O2. The molecule has 0 saturated heterocycles. The van der Waals surface area contributed by atoms with Crippen molar-refractivity contribution in [1.82, 2.24) is 9.78 Å². The van der Waals surface area contributed by atoms with Crippen molar-refractivity contribution in [3.05, 3.63) is 46.2 Å². The lowest BCUT2D eigenvalue weighted by Crippen LogP contribution is -2.07. The van der Waals surface area contributed by atoms with Crippen LogP contribution in [0.1, 0.15) is 36.2 Å². The number of aryl methyl sites for hydroxylation is 1. The summed E-state index contributed by atoms with van der Waals surface area (Å²) >= 11 is 5.94. The first-order chi connectivity index (χ1) is 10.1. The van der Waals surface area contributed by atoms with Crippen LogP contribution in [0.25, 0.3) is 5.69 Å². The Bertz CT molecular complexity index is 662. The van der Waals surface area contributed by atoms with Crippen LogP contribution in [0.4, 0.5) is 0 Å².